The summed E-state index contributed by atoms with van der Waals surface area (Å²) in [6.07, 6.45) is 0. The fourth-order valence-electron chi connectivity index (χ4n) is 2.74. The summed E-state index contributed by atoms with van der Waals surface area (Å²) < 4.78 is 0.969. The van der Waals surface area contributed by atoms with Gasteiger partial charge in [-0.2, -0.15) is 0 Å². The van der Waals surface area contributed by atoms with Crippen molar-refractivity contribution in [3.05, 3.63) is 63.1 Å². The smallest absolute Gasteiger partial charge is 0.164 e. The number of rotatable bonds is 1. The van der Waals surface area contributed by atoms with Gasteiger partial charge in [0.1, 0.15) is 0 Å². The molecule has 1 unspecified atom stereocenters. The maximum absolute atomic E-state index is 12.5. The Kier molecular flexibility index (Phi) is 3.57. The number of benzene rings is 2. The first-order valence-electron chi connectivity index (χ1n) is 6.35. The van der Waals surface area contributed by atoms with Gasteiger partial charge >= 0.3 is 0 Å². The third kappa shape index (κ3) is 2.25. The lowest BCUT2D eigenvalue weighted by molar-refractivity contribution is -0.118. The number of anilines is 1. The van der Waals surface area contributed by atoms with Crippen molar-refractivity contribution in [1.29, 1.82) is 0 Å². The predicted octanol–water partition coefficient (Wildman–Crippen LogP) is 4.25. The van der Waals surface area contributed by atoms with Gasteiger partial charge in [0.05, 0.1) is 12.5 Å². The topological polar surface area (TPSA) is 20.3 Å². The van der Waals surface area contributed by atoms with Crippen LogP contribution in [0.2, 0.25) is 5.02 Å². The van der Waals surface area contributed by atoms with Crippen LogP contribution in [-0.4, -0.2) is 19.4 Å². The molecule has 0 saturated heterocycles. The highest BCUT2D eigenvalue weighted by Gasteiger charge is 2.32. The Balaban J connectivity index is 2.21. The Morgan fingerprint density at radius 3 is 2.70 bits per heavy atom. The van der Waals surface area contributed by atoms with E-state index in [1.54, 1.807) is 0 Å². The molecule has 0 spiro atoms. The van der Waals surface area contributed by atoms with Gasteiger partial charge in [0.15, 0.2) is 5.78 Å². The standard InChI is InChI=1S/C16H13BrClNO/c1-19-9-15(20)16(11-4-2-3-5-13(11)18)12-8-10(17)6-7-14(12)19/h2-8,16H,9H2,1H3. The molecule has 0 bridgehead atoms. The van der Waals surface area contributed by atoms with E-state index in [-0.39, 0.29) is 11.7 Å². The van der Waals surface area contributed by atoms with Gasteiger partial charge in [0.25, 0.3) is 0 Å². The molecule has 4 heteroatoms. The van der Waals surface area contributed by atoms with E-state index in [1.807, 2.05) is 54.4 Å². The molecule has 0 fully saturated rings. The van der Waals surface area contributed by atoms with Gasteiger partial charge in [-0.15, -0.1) is 0 Å². The van der Waals surface area contributed by atoms with Crippen LogP contribution >= 0.6 is 27.5 Å². The monoisotopic (exact) mass is 349 g/mol. The van der Waals surface area contributed by atoms with E-state index in [1.165, 1.54) is 0 Å². The van der Waals surface area contributed by atoms with E-state index < -0.39 is 0 Å². The first-order valence-corrected chi connectivity index (χ1v) is 7.53. The molecule has 2 aromatic carbocycles. The van der Waals surface area contributed by atoms with E-state index in [4.69, 9.17) is 11.6 Å². The van der Waals surface area contributed by atoms with E-state index in [0.717, 1.165) is 21.3 Å². The zero-order valence-corrected chi connectivity index (χ0v) is 13.3. The summed E-state index contributed by atoms with van der Waals surface area (Å²) in [7, 11) is 1.94. The molecule has 0 saturated carbocycles. The second kappa shape index (κ2) is 5.23. The van der Waals surface area contributed by atoms with Crippen molar-refractivity contribution in [2.45, 2.75) is 5.92 Å². The highest BCUT2D eigenvalue weighted by atomic mass is 79.9. The molecule has 0 amide bonds. The summed E-state index contributed by atoms with van der Waals surface area (Å²) in [6, 6.07) is 13.6. The number of likely N-dealkylation sites (N-methyl/N-ethyl adjacent to an activating group) is 1. The van der Waals surface area contributed by atoms with Crippen LogP contribution in [0, 0.1) is 0 Å². The van der Waals surface area contributed by atoms with E-state index in [2.05, 4.69) is 15.9 Å². The van der Waals surface area contributed by atoms with Crippen LogP contribution in [0.15, 0.2) is 46.9 Å². The van der Waals surface area contributed by atoms with Crippen molar-refractivity contribution in [2.24, 2.45) is 0 Å². The normalized spacial score (nSPS) is 18.1. The zero-order chi connectivity index (χ0) is 14.3. The fourth-order valence-corrected chi connectivity index (χ4v) is 3.36. The molecule has 1 atom stereocenters. The largest absolute Gasteiger partial charge is 0.367 e. The lowest BCUT2D eigenvalue weighted by atomic mass is 9.83. The Bertz CT molecular complexity index is 686. The van der Waals surface area contributed by atoms with Crippen LogP contribution in [0.25, 0.3) is 0 Å². The number of hydrogen-bond acceptors (Lipinski definition) is 2. The van der Waals surface area contributed by atoms with Gasteiger partial charge < -0.3 is 4.90 Å². The lowest BCUT2D eigenvalue weighted by Crippen LogP contribution is -2.36. The van der Waals surface area contributed by atoms with Gasteiger partial charge in [-0.3, -0.25) is 4.79 Å². The van der Waals surface area contributed by atoms with Crippen molar-refractivity contribution in [3.8, 4) is 0 Å². The maximum Gasteiger partial charge on any atom is 0.164 e. The van der Waals surface area contributed by atoms with Crippen LogP contribution < -0.4 is 4.90 Å². The van der Waals surface area contributed by atoms with Crippen LogP contribution in [0.1, 0.15) is 17.0 Å². The van der Waals surface area contributed by atoms with Gasteiger partial charge in [-0.05, 0) is 35.4 Å². The maximum atomic E-state index is 12.5. The minimum Gasteiger partial charge on any atom is -0.367 e. The lowest BCUT2D eigenvalue weighted by Gasteiger charge is -2.32. The molecule has 102 valence electrons. The van der Waals surface area contributed by atoms with Crippen molar-refractivity contribution in [3.63, 3.8) is 0 Å². The highest BCUT2D eigenvalue weighted by Crippen LogP contribution is 2.40. The number of ketones is 1. The first-order chi connectivity index (χ1) is 9.58. The second-order valence-electron chi connectivity index (χ2n) is 4.98. The highest BCUT2D eigenvalue weighted by molar-refractivity contribution is 9.10. The van der Waals surface area contributed by atoms with Gasteiger partial charge in [-0.1, -0.05) is 45.7 Å². The fraction of sp³-hybridized carbons (Fsp3) is 0.188. The molecule has 1 heterocycles. The van der Waals surface area contributed by atoms with Crippen LogP contribution in [0.4, 0.5) is 5.69 Å². The van der Waals surface area contributed by atoms with E-state index in [0.29, 0.717) is 11.6 Å². The van der Waals surface area contributed by atoms with Crippen LogP contribution in [-0.2, 0) is 4.79 Å². The molecule has 1 aliphatic heterocycles. The molecule has 20 heavy (non-hydrogen) atoms. The summed E-state index contributed by atoms with van der Waals surface area (Å²) in [6.45, 7) is 0.407. The predicted molar refractivity (Wildman–Crippen MR) is 85.7 cm³/mol. The Morgan fingerprint density at radius 1 is 1.20 bits per heavy atom. The average molecular weight is 351 g/mol. The molecule has 0 radical (unpaired) electrons. The Labute approximate surface area is 131 Å². The molecule has 0 N–H and O–H groups in total. The number of halogens is 2. The SMILES string of the molecule is CN1CC(=O)C(c2ccccc2Cl)c2cc(Br)ccc21. The van der Waals surface area contributed by atoms with E-state index in [9.17, 15) is 4.79 Å². The number of nitrogens with zero attached hydrogens (tertiary/aromatic N) is 1. The minimum atomic E-state index is -0.285. The summed E-state index contributed by atoms with van der Waals surface area (Å²) in [4.78, 5) is 14.5. The third-order valence-corrected chi connectivity index (χ3v) is 4.48. The Morgan fingerprint density at radius 2 is 1.95 bits per heavy atom. The van der Waals surface area contributed by atoms with Gasteiger partial charge in [-0.25, -0.2) is 0 Å². The summed E-state index contributed by atoms with van der Waals surface area (Å²) in [5.74, 6) is -0.112. The van der Waals surface area contributed by atoms with Gasteiger partial charge in [0, 0.05) is 22.2 Å². The third-order valence-electron chi connectivity index (χ3n) is 3.64. The number of carbonyl (C=O) groups excluding carboxylic acids is 1. The molecule has 2 nitrogen and oxygen atoms in total. The Hall–Kier alpha value is -1.32. The second-order valence-corrected chi connectivity index (χ2v) is 6.30. The summed E-state index contributed by atoms with van der Waals surface area (Å²) in [5.41, 5.74) is 2.97. The number of hydrogen-bond donors (Lipinski definition) is 0. The average Bonchev–Trinajstić information content (AvgIpc) is 2.40. The number of fused-ring (bicyclic) bond motifs is 1. The molecule has 3 rings (SSSR count). The first kappa shape index (κ1) is 13.7. The quantitative estimate of drug-likeness (QED) is 0.766. The van der Waals surface area contributed by atoms with Crippen molar-refractivity contribution in [2.75, 3.05) is 18.5 Å². The zero-order valence-electron chi connectivity index (χ0n) is 10.9. The number of Topliss-reactive ketones (excluding diaryl/α,β-unsaturated/α-hetero) is 1. The van der Waals surface area contributed by atoms with Gasteiger partial charge in [0.2, 0.25) is 0 Å². The summed E-state index contributed by atoms with van der Waals surface area (Å²) >= 11 is 9.77. The molecule has 1 aliphatic rings. The molecule has 0 aliphatic carbocycles. The molecular formula is C16H13BrClNO. The van der Waals surface area contributed by atoms with Crippen LogP contribution in [0.5, 0.6) is 0 Å². The van der Waals surface area contributed by atoms with E-state index >= 15 is 0 Å². The molecule has 0 aromatic heterocycles. The minimum absolute atomic E-state index is 0.172. The molecular weight excluding hydrogens is 338 g/mol. The molecule has 2 aromatic rings. The number of carbonyl (C=O) groups is 1. The van der Waals surface area contributed by atoms with Crippen molar-refractivity contribution in [1.82, 2.24) is 0 Å². The van der Waals surface area contributed by atoms with Crippen molar-refractivity contribution < 1.29 is 4.79 Å². The summed E-state index contributed by atoms with van der Waals surface area (Å²) in [5, 5.41) is 0.640. The van der Waals surface area contributed by atoms with Crippen LogP contribution in [0.3, 0.4) is 0 Å². The van der Waals surface area contributed by atoms with Crippen molar-refractivity contribution >= 4 is 39.0 Å².